The highest BCUT2D eigenvalue weighted by molar-refractivity contribution is 7.95. The van der Waals surface area contributed by atoms with Gasteiger partial charge in [0, 0.05) is 6.07 Å². The molecule has 5 aromatic carbocycles. The molecule has 0 saturated carbocycles. The van der Waals surface area contributed by atoms with E-state index in [-0.39, 0.29) is 24.2 Å². The molecule has 0 aliphatic heterocycles. The quantitative estimate of drug-likeness (QED) is 0.116. The number of hydrogen-bond acceptors (Lipinski definition) is 6. The second kappa shape index (κ2) is 14.2. The van der Waals surface area contributed by atoms with Gasteiger partial charge in [-0.05, 0) is 58.3 Å². The number of ether oxygens (including phenoxy) is 2. The largest absolute Gasteiger partial charge is 0.496 e. The molecule has 0 radical (unpaired) electrons. The first-order valence-corrected chi connectivity index (χ1v) is 18.0. The Morgan fingerprint density at radius 2 is 1.34 bits per heavy atom. The minimum absolute atomic E-state index is 0.00621. The first kappa shape index (κ1) is 32.0. The average Bonchev–Trinajstić information content (AvgIpc) is 3.52. The average molecular weight is 659 g/mol. The van der Waals surface area contributed by atoms with Crippen LogP contribution < -0.4 is 30.7 Å². The molecular weight excluding hydrogens is 623 g/mol. The minimum Gasteiger partial charge on any atom is -0.496 e. The second-order valence-electron chi connectivity index (χ2n) is 11.3. The Bertz CT molecular complexity index is 1940. The fourth-order valence-corrected chi connectivity index (χ4v) is 10.3. The number of ketones is 1. The van der Waals surface area contributed by atoms with E-state index in [4.69, 9.17) is 9.47 Å². The zero-order valence-corrected chi connectivity index (χ0v) is 28.1. The van der Waals surface area contributed by atoms with Crippen LogP contribution in [0.5, 0.6) is 11.5 Å². The number of hydrogen-bond donors (Lipinski definition) is 1. The zero-order chi connectivity index (χ0) is 32.8. The van der Waals surface area contributed by atoms with Gasteiger partial charge in [0.25, 0.3) is 5.91 Å². The van der Waals surface area contributed by atoms with Crippen molar-refractivity contribution in [1.29, 1.82) is 0 Å². The summed E-state index contributed by atoms with van der Waals surface area (Å²) in [5.74, 6) is 2.31. The molecule has 0 fully saturated rings. The van der Waals surface area contributed by atoms with Gasteiger partial charge in [-0.25, -0.2) is 4.98 Å². The van der Waals surface area contributed by atoms with E-state index in [2.05, 4.69) is 46.7 Å². The summed E-state index contributed by atoms with van der Waals surface area (Å²) in [5, 5.41) is 6.58. The van der Waals surface area contributed by atoms with Crippen LogP contribution in [0.3, 0.4) is 0 Å². The molecule has 6 aromatic rings. The van der Waals surface area contributed by atoms with Crippen LogP contribution in [-0.2, 0) is 4.79 Å². The third kappa shape index (κ3) is 6.78. The monoisotopic (exact) mass is 658 g/mol. The summed E-state index contributed by atoms with van der Waals surface area (Å²) in [7, 11) is 1.54. The highest BCUT2D eigenvalue weighted by Gasteiger charge is 2.28. The number of thiazole rings is 1. The first-order valence-electron chi connectivity index (χ1n) is 15.3. The molecule has 1 N–H and O–H groups in total. The first-order chi connectivity index (χ1) is 22.9. The van der Waals surface area contributed by atoms with Crippen molar-refractivity contribution in [3.8, 4) is 11.5 Å². The summed E-state index contributed by atoms with van der Waals surface area (Å²) < 4.78 is 12.8. The lowest BCUT2D eigenvalue weighted by Gasteiger charge is -2.28. The van der Waals surface area contributed by atoms with Gasteiger partial charge in [0.05, 0.1) is 22.9 Å². The van der Waals surface area contributed by atoms with Crippen LogP contribution in [0.1, 0.15) is 35.7 Å². The van der Waals surface area contributed by atoms with E-state index in [1.54, 1.807) is 13.2 Å². The smallest absolute Gasteiger partial charge is 0.264 e. The van der Waals surface area contributed by atoms with Crippen LogP contribution in [-0.4, -0.2) is 36.2 Å². The number of fused-ring (bicyclic) bond motifs is 1. The minimum atomic E-state index is -2.55. The van der Waals surface area contributed by atoms with Crippen molar-refractivity contribution in [2.75, 3.05) is 19.0 Å². The van der Waals surface area contributed by atoms with E-state index < -0.39 is 6.89 Å². The molecular formula is C39H35N2O4PS. The summed E-state index contributed by atoms with van der Waals surface area (Å²) in [6, 6.07) is 42.0. The lowest BCUT2D eigenvalue weighted by molar-refractivity contribution is -0.118. The van der Waals surface area contributed by atoms with Gasteiger partial charge in [-0.3, -0.25) is 14.9 Å². The number of nitrogens with one attached hydrogen (secondary N) is 1. The van der Waals surface area contributed by atoms with E-state index >= 15 is 0 Å². The molecule has 0 aliphatic rings. The van der Waals surface area contributed by atoms with Gasteiger partial charge in [0.1, 0.15) is 11.5 Å². The van der Waals surface area contributed by atoms with Gasteiger partial charge in [-0.15, -0.1) is 0 Å². The number of Topliss-reactive ketones (excluding diaryl/α,β-unsaturated/α-hetero) is 1. The molecule has 0 aliphatic carbocycles. The second-order valence-corrected chi connectivity index (χ2v) is 15.6. The van der Waals surface area contributed by atoms with Crippen LogP contribution in [0.4, 0.5) is 5.13 Å². The molecule has 0 spiro atoms. The number of carbonyl (C=O) groups excluding carboxylic acids is 2. The maximum absolute atomic E-state index is 14.6. The number of amides is 1. The molecule has 1 heterocycles. The lowest BCUT2D eigenvalue weighted by atomic mass is 9.97. The third-order valence-electron chi connectivity index (χ3n) is 7.92. The van der Waals surface area contributed by atoms with Crippen molar-refractivity contribution in [2.45, 2.75) is 19.8 Å². The van der Waals surface area contributed by atoms with Gasteiger partial charge in [0.15, 0.2) is 17.5 Å². The van der Waals surface area contributed by atoms with Crippen molar-refractivity contribution >= 4 is 67.0 Å². The van der Waals surface area contributed by atoms with Crippen LogP contribution >= 0.6 is 18.2 Å². The maximum atomic E-state index is 14.6. The van der Waals surface area contributed by atoms with E-state index in [9.17, 15) is 9.59 Å². The topological polar surface area (TPSA) is 77.5 Å². The van der Waals surface area contributed by atoms with Crippen molar-refractivity contribution < 1.29 is 19.1 Å². The molecule has 1 aromatic heterocycles. The number of para-hydroxylation sites is 1. The summed E-state index contributed by atoms with van der Waals surface area (Å²) in [4.78, 5) is 31.9. The normalized spacial score (nSPS) is 11.3. The van der Waals surface area contributed by atoms with E-state index in [1.165, 1.54) is 11.3 Å². The third-order valence-corrected chi connectivity index (χ3v) is 12.8. The van der Waals surface area contributed by atoms with Crippen molar-refractivity contribution in [3.05, 3.63) is 139 Å². The van der Waals surface area contributed by atoms with Crippen molar-refractivity contribution in [3.63, 3.8) is 0 Å². The number of benzene rings is 5. The molecule has 6 rings (SSSR count). The van der Waals surface area contributed by atoms with Gasteiger partial charge in [0.2, 0.25) is 0 Å². The molecule has 47 heavy (non-hydrogen) atoms. The van der Waals surface area contributed by atoms with Crippen LogP contribution in [0, 0.1) is 0 Å². The van der Waals surface area contributed by atoms with Crippen LogP contribution in [0.25, 0.3) is 10.2 Å². The van der Waals surface area contributed by atoms with Gasteiger partial charge >= 0.3 is 0 Å². The predicted octanol–water partition coefficient (Wildman–Crippen LogP) is 7.42. The summed E-state index contributed by atoms with van der Waals surface area (Å²) >= 11 is 1.41. The summed E-state index contributed by atoms with van der Waals surface area (Å²) in [6.45, 7) is 1.30. The molecule has 6 nitrogen and oxygen atoms in total. The van der Waals surface area contributed by atoms with Gasteiger partial charge in [-0.1, -0.05) is 128 Å². The van der Waals surface area contributed by atoms with E-state index in [0.29, 0.717) is 22.2 Å². The fourth-order valence-electron chi connectivity index (χ4n) is 5.65. The highest BCUT2D eigenvalue weighted by atomic mass is 32.1. The number of aromatic nitrogens is 1. The predicted molar refractivity (Wildman–Crippen MR) is 196 cm³/mol. The Balaban J connectivity index is 1.38. The maximum Gasteiger partial charge on any atom is 0.264 e. The van der Waals surface area contributed by atoms with E-state index in [0.717, 1.165) is 31.7 Å². The van der Waals surface area contributed by atoms with Crippen molar-refractivity contribution in [1.82, 2.24) is 4.98 Å². The summed E-state index contributed by atoms with van der Waals surface area (Å²) in [6.07, 6.45) is 0. The van der Waals surface area contributed by atoms with Gasteiger partial charge < -0.3 is 9.47 Å². The molecule has 8 heteroatoms. The molecule has 0 bridgehead atoms. The Hall–Kier alpha value is -4.97. The molecule has 0 atom stereocenters. The molecule has 0 unspecified atom stereocenters. The Labute approximate surface area is 279 Å². The van der Waals surface area contributed by atoms with Crippen LogP contribution in [0.2, 0.25) is 0 Å². The SMILES string of the molecule is COc1cc(OCC(=O)Nc2nc3ccccc3s2)c(C(C)C)cc1C(=O)C=P(c1ccccc1)(c1ccccc1)c1ccccc1. The summed E-state index contributed by atoms with van der Waals surface area (Å²) in [5.41, 5.74) is 2.07. The lowest BCUT2D eigenvalue weighted by Crippen LogP contribution is -2.28. The van der Waals surface area contributed by atoms with Crippen LogP contribution in [0.15, 0.2) is 127 Å². The standard InChI is InChI=1S/C39H35N2O4PS/c1-27(2)31-23-32(35(44-3)24-36(31)45-25-38(43)41-39-40-33-21-13-14-22-37(33)47-39)34(42)26-46(28-15-7-4-8-16-28,29-17-9-5-10-18-29)30-19-11-6-12-20-30/h4-24,26-27H,25H2,1-3H3,(H,40,41,43). The van der Waals surface area contributed by atoms with E-state index in [1.807, 2.05) is 105 Å². The number of methoxy groups -OCH3 is 1. The Kier molecular flexibility index (Phi) is 9.67. The molecule has 0 saturated heterocycles. The fraction of sp³-hybridized carbons (Fsp3) is 0.128. The highest BCUT2D eigenvalue weighted by Crippen LogP contribution is 2.44. The molecule has 236 valence electrons. The Morgan fingerprint density at radius 1 is 0.787 bits per heavy atom. The number of anilines is 1. The number of rotatable bonds is 11. The van der Waals surface area contributed by atoms with Crippen molar-refractivity contribution in [2.24, 2.45) is 0 Å². The Morgan fingerprint density at radius 3 is 1.87 bits per heavy atom. The van der Waals surface area contributed by atoms with Gasteiger partial charge in [-0.2, -0.15) is 0 Å². The zero-order valence-electron chi connectivity index (χ0n) is 26.4. The number of nitrogens with zero attached hydrogens (tertiary/aromatic N) is 1. The molecule has 1 amide bonds. The number of carbonyl (C=O) groups is 2.